The highest BCUT2D eigenvalue weighted by Crippen LogP contribution is 2.59. The van der Waals surface area contributed by atoms with Gasteiger partial charge in [-0.15, -0.1) is 0 Å². The molecule has 0 heterocycles. The van der Waals surface area contributed by atoms with Crippen LogP contribution in [0.4, 0.5) is 0 Å². The predicted molar refractivity (Wildman–Crippen MR) is 118 cm³/mol. The largest absolute Gasteiger partial charge is 0.357 e. The number of fused-ring (bicyclic) bond motifs is 3. The van der Waals surface area contributed by atoms with Crippen molar-refractivity contribution in [1.82, 2.24) is 10.6 Å². The van der Waals surface area contributed by atoms with Crippen LogP contribution in [-0.4, -0.2) is 40.3 Å². The Balaban J connectivity index is 1.36. The Morgan fingerprint density at radius 2 is 2.07 bits per heavy atom. The topological polar surface area (TPSA) is 53.5 Å². The van der Waals surface area contributed by atoms with E-state index in [1.807, 2.05) is 6.92 Å². The van der Waals surface area contributed by atoms with Crippen LogP contribution in [0, 0.1) is 11.8 Å². The molecule has 3 aliphatic rings. The lowest BCUT2D eigenvalue weighted by molar-refractivity contribution is 0.413. The van der Waals surface area contributed by atoms with E-state index in [9.17, 15) is 4.21 Å². The number of aliphatic imine (C=N–C) groups is 1. The van der Waals surface area contributed by atoms with E-state index in [1.54, 1.807) is 11.1 Å². The van der Waals surface area contributed by atoms with Gasteiger partial charge in [0.2, 0.25) is 0 Å². The molecule has 6 unspecified atom stereocenters. The second kappa shape index (κ2) is 8.98. The second-order valence-electron chi connectivity index (χ2n) is 8.61. The van der Waals surface area contributed by atoms with Crippen molar-refractivity contribution in [2.24, 2.45) is 16.8 Å². The van der Waals surface area contributed by atoms with Gasteiger partial charge in [-0.2, -0.15) is 0 Å². The van der Waals surface area contributed by atoms with E-state index in [-0.39, 0.29) is 0 Å². The van der Waals surface area contributed by atoms with Gasteiger partial charge in [0, 0.05) is 40.9 Å². The molecule has 6 atom stereocenters. The summed E-state index contributed by atoms with van der Waals surface area (Å²) < 4.78 is 12.2. The summed E-state index contributed by atoms with van der Waals surface area (Å²) in [5, 5.41) is 7.44. The van der Waals surface area contributed by atoms with Crippen molar-refractivity contribution < 1.29 is 4.21 Å². The number of aryl methyl sites for hydroxylation is 1. The van der Waals surface area contributed by atoms with Crippen LogP contribution in [0.1, 0.15) is 63.0 Å². The minimum Gasteiger partial charge on any atom is -0.357 e. The molecule has 0 saturated heterocycles. The molecule has 1 aromatic rings. The number of hydrogen-bond acceptors (Lipinski definition) is 2. The Morgan fingerprint density at radius 3 is 2.89 bits per heavy atom. The summed E-state index contributed by atoms with van der Waals surface area (Å²) in [5.41, 5.74) is 3.13. The van der Waals surface area contributed by atoms with E-state index in [0.29, 0.717) is 17.2 Å². The maximum Gasteiger partial charge on any atom is 0.191 e. The molecule has 0 radical (unpaired) electrons. The van der Waals surface area contributed by atoms with Crippen LogP contribution in [0.15, 0.2) is 29.3 Å². The lowest BCUT2D eigenvalue weighted by atomic mass is 9.92. The van der Waals surface area contributed by atoms with Gasteiger partial charge in [-0.1, -0.05) is 37.6 Å². The molecular weight excluding hydrogens is 366 g/mol. The Morgan fingerprint density at radius 1 is 1.21 bits per heavy atom. The summed E-state index contributed by atoms with van der Waals surface area (Å²) >= 11 is 0. The van der Waals surface area contributed by atoms with Gasteiger partial charge >= 0.3 is 0 Å². The molecule has 4 nitrogen and oxygen atoms in total. The molecule has 28 heavy (non-hydrogen) atoms. The number of guanidine groups is 1. The molecule has 0 bridgehead atoms. The highest BCUT2D eigenvalue weighted by atomic mass is 32.2. The van der Waals surface area contributed by atoms with Crippen molar-refractivity contribution >= 4 is 16.8 Å². The monoisotopic (exact) mass is 401 g/mol. The summed E-state index contributed by atoms with van der Waals surface area (Å²) in [6.07, 6.45) is 6.98. The fourth-order valence-electron chi connectivity index (χ4n) is 5.42. The summed E-state index contributed by atoms with van der Waals surface area (Å²) in [4.78, 5) is 4.98. The number of nitrogens with one attached hydrogen (secondary N) is 2. The SMILES string of the molecule is CCNC(=NCC1C2CCc3ccccc3C21)NC1CCCC(S(=O)CC)C1. The van der Waals surface area contributed by atoms with Crippen molar-refractivity contribution in [1.29, 1.82) is 0 Å². The number of nitrogens with zero attached hydrogens (tertiary/aromatic N) is 1. The maximum atomic E-state index is 12.2. The molecule has 0 aromatic heterocycles. The smallest absolute Gasteiger partial charge is 0.191 e. The van der Waals surface area contributed by atoms with Crippen LogP contribution in [0.25, 0.3) is 0 Å². The van der Waals surface area contributed by atoms with Gasteiger partial charge < -0.3 is 10.6 Å². The third-order valence-electron chi connectivity index (χ3n) is 6.92. The maximum absolute atomic E-state index is 12.2. The quantitative estimate of drug-likeness (QED) is 0.566. The minimum absolute atomic E-state index is 0.349. The Bertz CT molecular complexity index is 734. The second-order valence-corrected chi connectivity index (χ2v) is 10.6. The molecule has 2 N–H and O–H groups in total. The van der Waals surface area contributed by atoms with E-state index < -0.39 is 10.8 Å². The van der Waals surface area contributed by atoms with Crippen LogP contribution in [0.2, 0.25) is 0 Å². The zero-order valence-corrected chi connectivity index (χ0v) is 18.1. The van der Waals surface area contributed by atoms with Crippen molar-refractivity contribution in [2.45, 2.75) is 69.6 Å². The molecular formula is C23H35N3OS. The summed E-state index contributed by atoms with van der Waals surface area (Å²) in [7, 11) is -0.680. The molecule has 0 spiro atoms. The highest BCUT2D eigenvalue weighted by Gasteiger charge is 2.52. The number of benzene rings is 1. The van der Waals surface area contributed by atoms with Crippen LogP contribution < -0.4 is 10.6 Å². The molecule has 154 valence electrons. The van der Waals surface area contributed by atoms with Gasteiger partial charge in [-0.05, 0) is 67.9 Å². The normalized spacial score (nSPS) is 32.8. The summed E-state index contributed by atoms with van der Waals surface area (Å²) in [6, 6.07) is 9.38. The lowest BCUT2D eigenvalue weighted by Gasteiger charge is -2.30. The van der Waals surface area contributed by atoms with Gasteiger partial charge in [0.25, 0.3) is 0 Å². The van der Waals surface area contributed by atoms with Gasteiger partial charge in [-0.3, -0.25) is 9.20 Å². The molecule has 0 amide bonds. The van der Waals surface area contributed by atoms with E-state index in [2.05, 4.69) is 41.8 Å². The Kier molecular flexibility index (Phi) is 6.39. The van der Waals surface area contributed by atoms with Crippen molar-refractivity contribution in [3.05, 3.63) is 35.4 Å². The van der Waals surface area contributed by atoms with Gasteiger partial charge in [0.15, 0.2) is 5.96 Å². The summed E-state index contributed by atoms with van der Waals surface area (Å²) in [6.45, 7) is 5.95. The van der Waals surface area contributed by atoms with Crippen molar-refractivity contribution in [3.8, 4) is 0 Å². The van der Waals surface area contributed by atoms with Crippen molar-refractivity contribution in [2.75, 3.05) is 18.8 Å². The fourth-order valence-corrected chi connectivity index (χ4v) is 6.77. The Labute approximate surface area is 172 Å². The molecule has 0 aliphatic heterocycles. The third-order valence-corrected chi connectivity index (χ3v) is 8.66. The fraction of sp³-hybridized carbons (Fsp3) is 0.696. The lowest BCUT2D eigenvalue weighted by Crippen LogP contribution is -2.46. The average molecular weight is 402 g/mol. The van der Waals surface area contributed by atoms with E-state index in [1.165, 1.54) is 12.8 Å². The highest BCUT2D eigenvalue weighted by molar-refractivity contribution is 7.85. The third kappa shape index (κ3) is 4.29. The van der Waals surface area contributed by atoms with Crippen LogP contribution >= 0.6 is 0 Å². The number of rotatable bonds is 6. The van der Waals surface area contributed by atoms with Crippen LogP contribution in [-0.2, 0) is 17.2 Å². The zero-order chi connectivity index (χ0) is 19.5. The first-order valence-corrected chi connectivity index (χ1v) is 12.6. The standard InChI is InChI=1S/C23H35N3OS/c1-3-24-23(26-17-9-7-10-18(14-17)28(27)4-2)25-15-21-20-13-12-16-8-5-6-11-19(16)22(20)21/h5-6,8,11,17-18,20-22H,3-4,7,9-10,12-15H2,1-2H3,(H2,24,25,26). The number of hydrogen-bond donors (Lipinski definition) is 2. The van der Waals surface area contributed by atoms with Crippen LogP contribution in [0.3, 0.4) is 0 Å². The first-order valence-electron chi connectivity index (χ1n) is 11.2. The van der Waals surface area contributed by atoms with Gasteiger partial charge in [0.1, 0.15) is 0 Å². The molecule has 2 saturated carbocycles. The van der Waals surface area contributed by atoms with E-state index in [0.717, 1.165) is 62.3 Å². The van der Waals surface area contributed by atoms with Gasteiger partial charge in [0.05, 0.1) is 0 Å². The van der Waals surface area contributed by atoms with E-state index >= 15 is 0 Å². The molecule has 5 heteroatoms. The van der Waals surface area contributed by atoms with Crippen molar-refractivity contribution in [3.63, 3.8) is 0 Å². The predicted octanol–water partition coefficient (Wildman–Crippen LogP) is 3.60. The summed E-state index contributed by atoms with van der Waals surface area (Å²) in [5.74, 6) is 3.98. The molecule has 2 fully saturated rings. The van der Waals surface area contributed by atoms with Gasteiger partial charge in [-0.25, -0.2) is 0 Å². The zero-order valence-electron chi connectivity index (χ0n) is 17.3. The Hall–Kier alpha value is -1.36. The first-order chi connectivity index (χ1) is 13.7. The molecule has 4 rings (SSSR count). The average Bonchev–Trinajstić information content (AvgIpc) is 3.45. The van der Waals surface area contributed by atoms with E-state index in [4.69, 9.17) is 4.99 Å². The molecule has 3 aliphatic carbocycles. The van der Waals surface area contributed by atoms with Crippen LogP contribution in [0.5, 0.6) is 0 Å². The first kappa shape index (κ1) is 19.9. The minimum atomic E-state index is -0.680. The molecule has 1 aromatic carbocycles.